The fourth-order valence-corrected chi connectivity index (χ4v) is 10.8. The summed E-state index contributed by atoms with van der Waals surface area (Å²) in [7, 11) is 0. The molecule has 0 bridgehead atoms. The van der Waals surface area contributed by atoms with Crippen molar-refractivity contribution in [2.75, 3.05) is 0 Å². The summed E-state index contributed by atoms with van der Waals surface area (Å²) in [6.07, 6.45) is 15.0. The average Bonchev–Trinajstić information content (AvgIpc) is 3.86. The van der Waals surface area contributed by atoms with Crippen LogP contribution < -0.4 is 0 Å². The van der Waals surface area contributed by atoms with Gasteiger partial charge in [-0.05, 0) is 118 Å². The van der Waals surface area contributed by atoms with Crippen LogP contribution in [0.1, 0.15) is 86.9 Å². The van der Waals surface area contributed by atoms with Gasteiger partial charge >= 0.3 is 0 Å². The van der Waals surface area contributed by atoms with Crippen molar-refractivity contribution in [1.29, 1.82) is 0 Å². The van der Waals surface area contributed by atoms with Crippen molar-refractivity contribution in [3.8, 4) is 56.2 Å². The van der Waals surface area contributed by atoms with E-state index in [-0.39, 0.29) is 10.8 Å². The summed E-state index contributed by atoms with van der Waals surface area (Å²) in [5.41, 5.74) is 18.6. The molecular formula is C54H43N3O. The Morgan fingerprint density at radius 2 is 1.21 bits per heavy atom. The average molecular weight is 750 g/mol. The highest BCUT2D eigenvalue weighted by Gasteiger charge is 2.46. The topological polar surface area (TPSA) is 51.8 Å². The number of fused-ring (bicyclic) bond motifs is 11. The van der Waals surface area contributed by atoms with E-state index >= 15 is 0 Å². The summed E-state index contributed by atoms with van der Waals surface area (Å²) in [5, 5.41) is 2.13. The summed E-state index contributed by atoms with van der Waals surface area (Å²) in [6, 6.07) is 44.7. The van der Waals surface area contributed by atoms with E-state index in [1.165, 1.54) is 76.6 Å². The largest absolute Gasteiger partial charge is 0.455 e. The Balaban J connectivity index is 0.954. The first kappa shape index (κ1) is 33.7. The van der Waals surface area contributed by atoms with E-state index in [2.05, 4.69) is 123 Å². The maximum Gasteiger partial charge on any atom is 0.167 e. The van der Waals surface area contributed by atoms with Gasteiger partial charge in [-0.1, -0.05) is 136 Å². The van der Waals surface area contributed by atoms with Gasteiger partial charge in [-0.3, -0.25) is 0 Å². The predicted molar refractivity (Wildman–Crippen MR) is 237 cm³/mol. The molecule has 4 aliphatic rings. The van der Waals surface area contributed by atoms with Crippen molar-refractivity contribution in [1.82, 2.24) is 15.0 Å². The van der Waals surface area contributed by atoms with Crippen LogP contribution in [0.25, 0.3) is 83.7 Å². The number of nitrogens with zero attached hydrogens (tertiary/aromatic N) is 3. The molecule has 1 spiro atoms. The lowest BCUT2D eigenvalue weighted by atomic mass is 9.67. The van der Waals surface area contributed by atoms with Crippen molar-refractivity contribution in [2.45, 2.75) is 69.6 Å². The molecule has 1 saturated carbocycles. The zero-order valence-electron chi connectivity index (χ0n) is 33.0. The molecule has 4 nitrogen and oxygen atoms in total. The van der Waals surface area contributed by atoms with Crippen LogP contribution in [0.4, 0.5) is 0 Å². The van der Waals surface area contributed by atoms with Gasteiger partial charge in [0.2, 0.25) is 0 Å². The van der Waals surface area contributed by atoms with Gasteiger partial charge in [-0.15, -0.1) is 0 Å². The zero-order chi connectivity index (χ0) is 38.6. The summed E-state index contributed by atoms with van der Waals surface area (Å²) in [6.45, 7) is 4.83. The van der Waals surface area contributed by atoms with Gasteiger partial charge in [-0.2, -0.15) is 0 Å². The van der Waals surface area contributed by atoms with E-state index in [1.54, 1.807) is 11.1 Å². The summed E-state index contributed by atoms with van der Waals surface area (Å²) >= 11 is 0. The smallest absolute Gasteiger partial charge is 0.167 e. The third-order valence-corrected chi connectivity index (χ3v) is 13.8. The van der Waals surface area contributed by atoms with Crippen LogP contribution in [0, 0.1) is 0 Å². The molecule has 8 aromatic rings. The summed E-state index contributed by atoms with van der Waals surface area (Å²) in [5.74, 6) is 1.94. The minimum atomic E-state index is -0.125. The molecule has 0 N–H and O–H groups in total. The highest BCUT2D eigenvalue weighted by atomic mass is 16.3. The van der Waals surface area contributed by atoms with Gasteiger partial charge in [0.25, 0.3) is 0 Å². The van der Waals surface area contributed by atoms with Gasteiger partial charge < -0.3 is 4.42 Å². The van der Waals surface area contributed by atoms with Crippen LogP contribution in [0.15, 0.2) is 144 Å². The maximum atomic E-state index is 6.69. The molecule has 0 aliphatic heterocycles. The molecule has 4 heteroatoms. The molecule has 6 aromatic carbocycles. The van der Waals surface area contributed by atoms with Gasteiger partial charge in [0.1, 0.15) is 11.2 Å². The fourth-order valence-electron chi connectivity index (χ4n) is 10.8. The second-order valence-corrected chi connectivity index (χ2v) is 17.3. The van der Waals surface area contributed by atoms with Gasteiger partial charge in [0.05, 0.1) is 5.56 Å². The number of rotatable bonds is 4. The highest BCUT2D eigenvalue weighted by Crippen LogP contribution is 2.60. The molecule has 58 heavy (non-hydrogen) atoms. The molecule has 2 heterocycles. The number of furan rings is 1. The van der Waals surface area contributed by atoms with Gasteiger partial charge in [0.15, 0.2) is 17.5 Å². The molecule has 0 atom stereocenters. The molecule has 2 aromatic heterocycles. The second-order valence-electron chi connectivity index (χ2n) is 17.3. The predicted octanol–water partition coefficient (Wildman–Crippen LogP) is 14.0. The minimum Gasteiger partial charge on any atom is -0.455 e. The molecule has 0 amide bonds. The standard InChI is InChI=1S/C54H43N3O/c1-53(2)45-30-36(23-25-38(45)41-32-47-42(31-46(41)53)37-19-10-11-22-44(37)54(47)27-12-5-13-28-54)35-24-26-48-43(29-35)39-20-14-21-40(49(39)58-48)52-56-50(33-15-6-3-7-16-33)55-51(57-52)34-17-8-4-9-18-34/h3,6-8,10-11,14-26,29-32H,4-5,9,12-13,27-28H2,1-2H3. The molecule has 4 aliphatic carbocycles. The van der Waals surface area contributed by atoms with E-state index in [4.69, 9.17) is 19.4 Å². The first-order valence-corrected chi connectivity index (χ1v) is 21.0. The molecule has 0 radical (unpaired) electrons. The van der Waals surface area contributed by atoms with Crippen molar-refractivity contribution < 1.29 is 4.42 Å². The molecule has 0 saturated heterocycles. The Morgan fingerprint density at radius 1 is 0.500 bits per heavy atom. The molecular weight excluding hydrogens is 707 g/mol. The van der Waals surface area contributed by atoms with Gasteiger partial charge in [0, 0.05) is 32.7 Å². The van der Waals surface area contributed by atoms with Crippen LogP contribution >= 0.6 is 0 Å². The minimum absolute atomic E-state index is 0.125. The highest BCUT2D eigenvalue weighted by molar-refractivity contribution is 6.10. The number of hydrogen-bond acceptors (Lipinski definition) is 4. The lowest BCUT2D eigenvalue weighted by Crippen LogP contribution is -2.28. The van der Waals surface area contributed by atoms with Crippen molar-refractivity contribution in [2.24, 2.45) is 0 Å². The first-order valence-electron chi connectivity index (χ1n) is 21.0. The van der Waals surface area contributed by atoms with E-state index in [0.717, 1.165) is 51.5 Å². The monoisotopic (exact) mass is 749 g/mol. The normalized spacial score (nSPS) is 17.0. The van der Waals surface area contributed by atoms with Crippen molar-refractivity contribution in [3.05, 3.63) is 168 Å². The zero-order valence-corrected chi connectivity index (χ0v) is 33.0. The fraction of sp³-hybridized carbons (Fsp3) is 0.204. The van der Waals surface area contributed by atoms with E-state index in [1.807, 2.05) is 30.3 Å². The lowest BCUT2D eigenvalue weighted by Gasteiger charge is -2.36. The lowest BCUT2D eigenvalue weighted by molar-refractivity contribution is 0.353. The number of benzene rings is 6. The quantitative estimate of drug-likeness (QED) is 0.180. The Morgan fingerprint density at radius 3 is 2.07 bits per heavy atom. The first-order chi connectivity index (χ1) is 28.5. The maximum absolute atomic E-state index is 6.69. The Hall–Kier alpha value is -6.39. The Kier molecular flexibility index (Phi) is 7.30. The molecule has 280 valence electrons. The summed E-state index contributed by atoms with van der Waals surface area (Å²) in [4.78, 5) is 15.0. The van der Waals surface area contributed by atoms with Crippen LogP contribution in [-0.4, -0.2) is 15.0 Å². The second kappa shape index (κ2) is 12.6. The number of allylic oxidation sites excluding steroid dienone is 4. The Labute approximate surface area is 339 Å². The molecule has 1 fully saturated rings. The van der Waals surface area contributed by atoms with Crippen molar-refractivity contribution >= 4 is 27.5 Å². The van der Waals surface area contributed by atoms with E-state index < -0.39 is 0 Å². The SMILES string of the molecule is CC1(C)c2cc(-c3ccc4oc5c(-c6nc(C7=CCCC=C7)nc(-c7ccccc7)n6)cccc5c4c3)ccc2-c2cc3c(cc21)-c1ccccc1C31CCCCC1. The third kappa shape index (κ3) is 4.90. The number of aromatic nitrogens is 3. The van der Waals surface area contributed by atoms with Crippen LogP contribution in [0.5, 0.6) is 0 Å². The van der Waals surface area contributed by atoms with Crippen LogP contribution in [0.3, 0.4) is 0 Å². The number of para-hydroxylation sites is 1. The van der Waals surface area contributed by atoms with Crippen LogP contribution in [-0.2, 0) is 10.8 Å². The van der Waals surface area contributed by atoms with E-state index in [9.17, 15) is 0 Å². The summed E-state index contributed by atoms with van der Waals surface area (Å²) < 4.78 is 6.69. The van der Waals surface area contributed by atoms with Gasteiger partial charge in [-0.25, -0.2) is 15.0 Å². The van der Waals surface area contributed by atoms with E-state index in [0.29, 0.717) is 17.5 Å². The third-order valence-electron chi connectivity index (χ3n) is 13.8. The number of hydrogen-bond donors (Lipinski definition) is 0. The molecule has 12 rings (SSSR count). The van der Waals surface area contributed by atoms with Crippen LogP contribution in [0.2, 0.25) is 0 Å². The molecule has 0 unspecified atom stereocenters. The Bertz CT molecular complexity index is 3070. The van der Waals surface area contributed by atoms with Crippen molar-refractivity contribution in [3.63, 3.8) is 0 Å².